The number of thioether (sulfide) groups is 1. The number of carbonyl (C=O) groups is 2. The maximum Gasteiger partial charge on any atom is 0.335 e. The zero-order chi connectivity index (χ0) is 28.8. The molecule has 41 heavy (non-hydrogen) atoms. The standard InChI is InChI=1S/C32H37IN2O5S/c1-2-39-27-18-22(17-26(33)29(27)40-20-21-10-9-11-23(16-21)31(37)38)19-28-30(36)35(25-14-7-4-8-15-25)32(41-28)34-24-12-5-3-6-13-24/h9-11,16-19,24-25H,2-8,12-15,20H2,1H3,(H,37,38). The maximum absolute atomic E-state index is 13.8. The SMILES string of the molecule is CCOc1cc(C=C2SC(=NC3CCCCC3)N(C3CCCCC3)C2=O)cc(I)c1OCc1cccc(C(=O)O)c1. The summed E-state index contributed by atoms with van der Waals surface area (Å²) >= 11 is 3.74. The van der Waals surface area contributed by atoms with Gasteiger partial charge in [-0.05, 0) is 108 Å². The molecule has 3 aliphatic rings. The smallest absolute Gasteiger partial charge is 0.335 e. The Bertz CT molecular complexity index is 1330. The lowest BCUT2D eigenvalue weighted by atomic mass is 9.94. The van der Waals surface area contributed by atoms with Gasteiger partial charge < -0.3 is 14.6 Å². The van der Waals surface area contributed by atoms with Gasteiger partial charge in [0.15, 0.2) is 16.7 Å². The van der Waals surface area contributed by atoms with Gasteiger partial charge in [0.2, 0.25) is 0 Å². The number of amidine groups is 1. The number of ether oxygens (including phenoxy) is 2. The van der Waals surface area contributed by atoms with Gasteiger partial charge in [0.05, 0.1) is 26.7 Å². The molecular formula is C32H37IN2O5S. The molecule has 1 N–H and O–H groups in total. The van der Waals surface area contributed by atoms with Crippen LogP contribution in [0.25, 0.3) is 6.08 Å². The summed E-state index contributed by atoms with van der Waals surface area (Å²) in [6, 6.07) is 11.2. The molecule has 1 amide bonds. The molecule has 2 aromatic rings. The predicted molar refractivity (Wildman–Crippen MR) is 172 cm³/mol. The minimum atomic E-state index is -0.970. The fourth-order valence-electron chi connectivity index (χ4n) is 5.78. The van der Waals surface area contributed by atoms with E-state index >= 15 is 0 Å². The van der Waals surface area contributed by atoms with Gasteiger partial charge >= 0.3 is 5.97 Å². The van der Waals surface area contributed by atoms with Crippen LogP contribution in [0, 0.1) is 3.57 Å². The fourth-order valence-corrected chi connectivity index (χ4v) is 7.67. The van der Waals surface area contributed by atoms with Crippen LogP contribution in [0.15, 0.2) is 46.3 Å². The Hall–Kier alpha value is -2.53. The van der Waals surface area contributed by atoms with Crippen molar-refractivity contribution in [2.24, 2.45) is 4.99 Å². The molecule has 1 aliphatic heterocycles. The molecule has 0 spiro atoms. The first-order valence-electron chi connectivity index (χ1n) is 14.6. The Morgan fingerprint density at radius 1 is 1.07 bits per heavy atom. The molecule has 0 radical (unpaired) electrons. The Balaban J connectivity index is 1.40. The minimum Gasteiger partial charge on any atom is -0.490 e. The molecule has 0 atom stereocenters. The molecule has 1 heterocycles. The number of rotatable bonds is 9. The number of hydrogen-bond acceptors (Lipinski definition) is 6. The van der Waals surface area contributed by atoms with Gasteiger partial charge in [-0.25, -0.2) is 4.79 Å². The van der Waals surface area contributed by atoms with Crippen molar-refractivity contribution in [3.05, 3.63) is 61.6 Å². The third-order valence-electron chi connectivity index (χ3n) is 7.83. The van der Waals surface area contributed by atoms with E-state index in [1.54, 1.807) is 18.2 Å². The van der Waals surface area contributed by atoms with E-state index in [-0.39, 0.29) is 24.1 Å². The van der Waals surface area contributed by atoms with Gasteiger partial charge in [0.25, 0.3) is 5.91 Å². The van der Waals surface area contributed by atoms with Crippen molar-refractivity contribution in [1.82, 2.24) is 4.90 Å². The fraction of sp³-hybridized carbons (Fsp3) is 0.469. The van der Waals surface area contributed by atoms with Gasteiger partial charge in [0.1, 0.15) is 6.61 Å². The summed E-state index contributed by atoms with van der Waals surface area (Å²) in [5.41, 5.74) is 1.85. The highest BCUT2D eigenvalue weighted by Crippen LogP contribution is 2.40. The van der Waals surface area contributed by atoms with Crippen LogP contribution in [0.4, 0.5) is 0 Å². The van der Waals surface area contributed by atoms with Crippen molar-refractivity contribution in [1.29, 1.82) is 0 Å². The number of amides is 1. The van der Waals surface area contributed by atoms with E-state index in [4.69, 9.17) is 14.5 Å². The van der Waals surface area contributed by atoms with Crippen molar-refractivity contribution in [3.8, 4) is 11.5 Å². The molecular weight excluding hydrogens is 651 g/mol. The molecule has 2 aliphatic carbocycles. The van der Waals surface area contributed by atoms with E-state index in [9.17, 15) is 14.7 Å². The van der Waals surface area contributed by atoms with E-state index in [0.717, 1.165) is 58.4 Å². The number of carboxylic acids is 1. The Labute approximate surface area is 259 Å². The molecule has 0 unspecified atom stereocenters. The van der Waals surface area contributed by atoms with Gasteiger partial charge in [-0.2, -0.15) is 0 Å². The average Bonchev–Trinajstić information content (AvgIpc) is 3.27. The molecule has 5 rings (SSSR count). The lowest BCUT2D eigenvalue weighted by Gasteiger charge is -2.31. The minimum absolute atomic E-state index is 0.0584. The second-order valence-corrected chi connectivity index (χ2v) is 13.0. The molecule has 3 fully saturated rings. The number of benzene rings is 2. The van der Waals surface area contributed by atoms with Gasteiger partial charge in [-0.15, -0.1) is 0 Å². The summed E-state index contributed by atoms with van der Waals surface area (Å²) in [4.78, 5) is 33.0. The molecule has 2 saturated carbocycles. The number of hydrogen-bond donors (Lipinski definition) is 1. The molecule has 1 saturated heterocycles. The highest BCUT2D eigenvalue weighted by atomic mass is 127. The van der Waals surface area contributed by atoms with Crippen molar-refractivity contribution in [3.63, 3.8) is 0 Å². The number of aliphatic imine (C=N–C) groups is 1. The summed E-state index contributed by atoms with van der Waals surface area (Å²) in [7, 11) is 0. The molecule has 2 aromatic carbocycles. The molecule has 0 bridgehead atoms. The van der Waals surface area contributed by atoms with Crippen LogP contribution in [-0.2, 0) is 11.4 Å². The zero-order valence-corrected chi connectivity index (χ0v) is 26.4. The van der Waals surface area contributed by atoms with Crippen LogP contribution in [0.5, 0.6) is 11.5 Å². The first-order valence-corrected chi connectivity index (χ1v) is 16.5. The van der Waals surface area contributed by atoms with E-state index in [0.29, 0.717) is 29.1 Å². The average molecular weight is 689 g/mol. The summed E-state index contributed by atoms with van der Waals surface area (Å²) in [5.74, 6) is 0.283. The first-order chi connectivity index (χ1) is 19.9. The third kappa shape index (κ3) is 7.46. The predicted octanol–water partition coefficient (Wildman–Crippen LogP) is 7.90. The molecule has 0 aromatic heterocycles. The summed E-state index contributed by atoms with van der Waals surface area (Å²) < 4.78 is 13.0. The highest BCUT2D eigenvalue weighted by Gasteiger charge is 2.39. The van der Waals surface area contributed by atoms with Crippen LogP contribution >= 0.6 is 34.4 Å². The van der Waals surface area contributed by atoms with Crippen LogP contribution in [0.3, 0.4) is 0 Å². The zero-order valence-electron chi connectivity index (χ0n) is 23.4. The Morgan fingerprint density at radius 3 is 2.51 bits per heavy atom. The summed E-state index contributed by atoms with van der Waals surface area (Å²) in [6.45, 7) is 2.59. The van der Waals surface area contributed by atoms with E-state index < -0.39 is 5.97 Å². The van der Waals surface area contributed by atoms with E-state index in [2.05, 4.69) is 22.6 Å². The quantitative estimate of drug-likeness (QED) is 0.213. The van der Waals surface area contributed by atoms with Gasteiger partial charge in [-0.3, -0.25) is 14.7 Å². The summed E-state index contributed by atoms with van der Waals surface area (Å²) in [6.07, 6.45) is 13.5. The largest absolute Gasteiger partial charge is 0.490 e. The third-order valence-corrected chi connectivity index (χ3v) is 9.63. The highest BCUT2D eigenvalue weighted by molar-refractivity contribution is 14.1. The van der Waals surface area contributed by atoms with Crippen molar-refractivity contribution < 1.29 is 24.2 Å². The number of aromatic carboxylic acids is 1. The van der Waals surface area contributed by atoms with Crippen LogP contribution in [-0.4, -0.2) is 45.7 Å². The number of carboxylic acid groups (broad SMARTS) is 1. The van der Waals surface area contributed by atoms with Crippen LogP contribution in [0.1, 0.15) is 92.6 Å². The monoisotopic (exact) mass is 688 g/mol. The lowest BCUT2D eigenvalue weighted by molar-refractivity contribution is -0.124. The van der Waals surface area contributed by atoms with Crippen molar-refractivity contribution in [2.45, 2.75) is 89.8 Å². The lowest BCUT2D eigenvalue weighted by Crippen LogP contribution is -2.41. The number of nitrogens with zero attached hydrogens (tertiary/aromatic N) is 2. The maximum atomic E-state index is 13.8. The second-order valence-electron chi connectivity index (χ2n) is 10.8. The Morgan fingerprint density at radius 2 is 1.80 bits per heavy atom. The second kappa shape index (κ2) is 14.1. The number of halogens is 1. The summed E-state index contributed by atoms with van der Waals surface area (Å²) in [5, 5.41) is 10.2. The van der Waals surface area contributed by atoms with Gasteiger partial charge in [0, 0.05) is 6.04 Å². The van der Waals surface area contributed by atoms with E-state index in [1.165, 1.54) is 37.4 Å². The molecule has 7 nitrogen and oxygen atoms in total. The topological polar surface area (TPSA) is 88.4 Å². The van der Waals surface area contributed by atoms with Crippen molar-refractivity contribution >= 4 is 57.5 Å². The van der Waals surface area contributed by atoms with E-state index in [1.807, 2.05) is 36.1 Å². The van der Waals surface area contributed by atoms with Crippen molar-refractivity contribution in [2.75, 3.05) is 6.61 Å². The number of carbonyl (C=O) groups excluding carboxylic acids is 1. The van der Waals surface area contributed by atoms with Crippen LogP contribution < -0.4 is 9.47 Å². The van der Waals surface area contributed by atoms with Gasteiger partial charge in [-0.1, -0.05) is 50.7 Å². The normalized spacial score (nSPS) is 20.6. The van der Waals surface area contributed by atoms with Crippen LogP contribution in [0.2, 0.25) is 0 Å². The molecule has 218 valence electrons. The first kappa shape index (κ1) is 29.9. The Kier molecular flexibility index (Phi) is 10.3. The molecule has 9 heteroatoms.